The molecule has 2 unspecified atom stereocenters. The van der Waals surface area contributed by atoms with Crippen LogP contribution in [0.1, 0.15) is 29.8 Å². The number of rotatable bonds is 1. The lowest BCUT2D eigenvalue weighted by molar-refractivity contribution is 0.0774. The van der Waals surface area contributed by atoms with Gasteiger partial charge in [-0.3, -0.25) is 4.79 Å². The Labute approximate surface area is 100 Å². The third-order valence-electron chi connectivity index (χ3n) is 3.90. The van der Waals surface area contributed by atoms with Gasteiger partial charge in [0, 0.05) is 13.1 Å². The second-order valence-electron chi connectivity index (χ2n) is 4.99. The van der Waals surface area contributed by atoms with E-state index >= 15 is 0 Å². The zero-order valence-corrected chi connectivity index (χ0v) is 9.67. The summed E-state index contributed by atoms with van der Waals surface area (Å²) in [6, 6.07) is 0. The van der Waals surface area contributed by atoms with Gasteiger partial charge in [-0.1, -0.05) is 6.42 Å². The zero-order chi connectivity index (χ0) is 11.8. The van der Waals surface area contributed by atoms with Gasteiger partial charge in [0.1, 0.15) is 11.5 Å². The van der Waals surface area contributed by atoms with Gasteiger partial charge in [-0.2, -0.15) is 0 Å². The molecule has 2 N–H and O–H groups in total. The first-order chi connectivity index (χ1) is 8.24. The minimum Gasteiger partial charge on any atom is -0.382 e. The molecule has 0 bridgehead atoms. The predicted octanol–water partition coefficient (Wildman–Crippen LogP) is 0.931. The van der Waals surface area contributed by atoms with Crippen molar-refractivity contribution in [3.8, 4) is 0 Å². The van der Waals surface area contributed by atoms with Crippen LogP contribution in [-0.4, -0.2) is 33.9 Å². The summed E-state index contributed by atoms with van der Waals surface area (Å²) in [4.78, 5) is 22.0. The van der Waals surface area contributed by atoms with E-state index in [9.17, 15) is 4.79 Å². The molecule has 5 heteroatoms. The van der Waals surface area contributed by atoms with E-state index < -0.39 is 0 Å². The number of aromatic nitrogens is 2. The third kappa shape index (κ3) is 1.85. The number of carbonyl (C=O) groups is 1. The fraction of sp³-hybridized carbons (Fsp3) is 0.583. The van der Waals surface area contributed by atoms with E-state index in [1.54, 1.807) is 0 Å². The van der Waals surface area contributed by atoms with Crippen molar-refractivity contribution in [1.82, 2.24) is 14.9 Å². The van der Waals surface area contributed by atoms with Crippen LogP contribution in [0.4, 0.5) is 5.82 Å². The number of anilines is 1. The van der Waals surface area contributed by atoms with Gasteiger partial charge in [-0.05, 0) is 24.7 Å². The number of hydrogen-bond acceptors (Lipinski definition) is 4. The molecule has 2 aliphatic rings. The van der Waals surface area contributed by atoms with Crippen molar-refractivity contribution >= 4 is 11.7 Å². The van der Waals surface area contributed by atoms with E-state index in [0.717, 1.165) is 13.1 Å². The highest BCUT2D eigenvalue weighted by atomic mass is 16.2. The molecule has 3 rings (SSSR count). The number of likely N-dealkylation sites (tertiary alicyclic amines) is 1. The van der Waals surface area contributed by atoms with Gasteiger partial charge in [0.2, 0.25) is 0 Å². The first-order valence-electron chi connectivity index (χ1n) is 6.11. The Morgan fingerprint density at radius 3 is 2.53 bits per heavy atom. The highest BCUT2D eigenvalue weighted by Gasteiger charge is 2.38. The number of nitrogens with zero attached hydrogens (tertiary/aromatic N) is 3. The number of hydrogen-bond donors (Lipinski definition) is 1. The molecule has 2 atom stereocenters. The minimum atomic E-state index is -0.00750. The first-order valence-corrected chi connectivity index (χ1v) is 6.11. The van der Waals surface area contributed by atoms with Crippen molar-refractivity contribution in [3.05, 3.63) is 18.1 Å². The van der Waals surface area contributed by atoms with Crippen LogP contribution in [0, 0.1) is 11.8 Å². The van der Waals surface area contributed by atoms with E-state index in [1.165, 1.54) is 31.7 Å². The lowest BCUT2D eigenvalue weighted by Crippen LogP contribution is -2.30. The second-order valence-corrected chi connectivity index (χ2v) is 4.99. The van der Waals surface area contributed by atoms with E-state index in [0.29, 0.717) is 23.3 Å². The normalized spacial score (nSPS) is 27.2. The quantitative estimate of drug-likeness (QED) is 0.781. The number of nitrogens with two attached hydrogens (primary N) is 1. The van der Waals surface area contributed by atoms with Crippen LogP contribution in [-0.2, 0) is 0 Å². The molecule has 90 valence electrons. The smallest absolute Gasteiger partial charge is 0.274 e. The monoisotopic (exact) mass is 232 g/mol. The van der Waals surface area contributed by atoms with Gasteiger partial charge < -0.3 is 10.6 Å². The van der Waals surface area contributed by atoms with Gasteiger partial charge in [0.25, 0.3) is 5.91 Å². The van der Waals surface area contributed by atoms with Gasteiger partial charge in [0.05, 0.1) is 12.4 Å². The molecule has 1 amide bonds. The Bertz CT molecular complexity index is 419. The number of nitrogen functional groups attached to an aromatic ring is 1. The molecule has 17 heavy (non-hydrogen) atoms. The van der Waals surface area contributed by atoms with Crippen molar-refractivity contribution < 1.29 is 4.79 Å². The summed E-state index contributed by atoms with van der Waals surface area (Å²) in [5, 5.41) is 0. The number of fused-ring (bicyclic) bond motifs is 1. The van der Waals surface area contributed by atoms with Crippen LogP contribution in [0.25, 0.3) is 0 Å². The maximum absolute atomic E-state index is 12.2. The third-order valence-corrected chi connectivity index (χ3v) is 3.90. The Balaban J connectivity index is 1.73. The predicted molar refractivity (Wildman–Crippen MR) is 63.2 cm³/mol. The average molecular weight is 232 g/mol. The molecule has 2 fully saturated rings. The second kappa shape index (κ2) is 3.98. The lowest BCUT2D eigenvalue weighted by atomic mass is 10.0. The standard InChI is InChI=1S/C12H16N4O/c13-11-5-14-10(4-15-11)12(17)16-6-8-2-1-3-9(8)7-16/h4-5,8-9H,1-3,6-7H2,(H2,13,15). The Morgan fingerprint density at radius 1 is 1.24 bits per heavy atom. The number of amides is 1. The molecule has 0 radical (unpaired) electrons. The molecule has 1 aliphatic heterocycles. The van der Waals surface area contributed by atoms with Crippen LogP contribution < -0.4 is 5.73 Å². The highest BCUT2D eigenvalue weighted by Crippen LogP contribution is 2.37. The maximum Gasteiger partial charge on any atom is 0.274 e. The minimum absolute atomic E-state index is 0.00750. The molecule has 2 heterocycles. The summed E-state index contributed by atoms with van der Waals surface area (Å²) in [5.41, 5.74) is 5.86. The summed E-state index contributed by atoms with van der Waals surface area (Å²) in [6.45, 7) is 1.77. The lowest BCUT2D eigenvalue weighted by Gasteiger charge is -2.16. The maximum atomic E-state index is 12.2. The molecule has 1 saturated carbocycles. The molecular formula is C12H16N4O. The molecule has 0 spiro atoms. The molecule has 1 aromatic heterocycles. The SMILES string of the molecule is Nc1cnc(C(=O)N2CC3CCCC3C2)cn1. The van der Waals surface area contributed by atoms with E-state index in [2.05, 4.69) is 9.97 Å². The fourth-order valence-electron chi connectivity index (χ4n) is 3.01. The van der Waals surface area contributed by atoms with E-state index in [4.69, 9.17) is 5.73 Å². The number of carbonyl (C=O) groups excluding carboxylic acids is 1. The topological polar surface area (TPSA) is 72.1 Å². The van der Waals surface area contributed by atoms with Crippen LogP contribution in [0.5, 0.6) is 0 Å². The summed E-state index contributed by atoms with van der Waals surface area (Å²) < 4.78 is 0. The largest absolute Gasteiger partial charge is 0.382 e. The average Bonchev–Trinajstić information content (AvgIpc) is 2.89. The van der Waals surface area contributed by atoms with Crippen LogP contribution in [0.15, 0.2) is 12.4 Å². The first kappa shape index (κ1) is 10.5. The van der Waals surface area contributed by atoms with Crippen LogP contribution in [0.3, 0.4) is 0 Å². The van der Waals surface area contributed by atoms with Crippen molar-refractivity contribution in [2.24, 2.45) is 11.8 Å². The summed E-state index contributed by atoms with van der Waals surface area (Å²) >= 11 is 0. The Morgan fingerprint density at radius 2 is 1.94 bits per heavy atom. The molecule has 0 aromatic carbocycles. The van der Waals surface area contributed by atoms with Crippen molar-refractivity contribution in [1.29, 1.82) is 0 Å². The van der Waals surface area contributed by atoms with Crippen LogP contribution in [0.2, 0.25) is 0 Å². The van der Waals surface area contributed by atoms with Gasteiger partial charge >= 0.3 is 0 Å². The molecular weight excluding hydrogens is 216 g/mol. The van der Waals surface area contributed by atoms with Gasteiger partial charge in [-0.25, -0.2) is 9.97 Å². The van der Waals surface area contributed by atoms with Crippen molar-refractivity contribution in [2.75, 3.05) is 18.8 Å². The highest BCUT2D eigenvalue weighted by molar-refractivity contribution is 5.92. The van der Waals surface area contributed by atoms with E-state index in [-0.39, 0.29) is 5.91 Å². The van der Waals surface area contributed by atoms with Crippen molar-refractivity contribution in [3.63, 3.8) is 0 Å². The van der Waals surface area contributed by atoms with Crippen LogP contribution >= 0.6 is 0 Å². The molecule has 1 aliphatic carbocycles. The molecule has 5 nitrogen and oxygen atoms in total. The molecule has 1 saturated heterocycles. The fourth-order valence-corrected chi connectivity index (χ4v) is 3.01. The van der Waals surface area contributed by atoms with Gasteiger partial charge in [0.15, 0.2) is 0 Å². The summed E-state index contributed by atoms with van der Waals surface area (Å²) in [5.74, 6) is 1.76. The molecule has 1 aromatic rings. The van der Waals surface area contributed by atoms with Crippen molar-refractivity contribution in [2.45, 2.75) is 19.3 Å². The zero-order valence-electron chi connectivity index (χ0n) is 9.67. The Kier molecular flexibility index (Phi) is 2.46. The van der Waals surface area contributed by atoms with E-state index in [1.807, 2.05) is 4.90 Å². The summed E-state index contributed by atoms with van der Waals surface area (Å²) in [6.07, 6.45) is 6.75. The Hall–Kier alpha value is -1.65. The summed E-state index contributed by atoms with van der Waals surface area (Å²) in [7, 11) is 0. The van der Waals surface area contributed by atoms with Gasteiger partial charge in [-0.15, -0.1) is 0 Å².